The Kier molecular flexibility index (Phi) is 5.09. The quantitative estimate of drug-likeness (QED) is 0.863. The molecule has 0 saturated heterocycles. The molecule has 1 aromatic carbocycles. The molecule has 0 aliphatic rings. The van der Waals surface area contributed by atoms with Gasteiger partial charge in [-0.05, 0) is 24.6 Å². The third-order valence-corrected chi connectivity index (χ3v) is 3.59. The summed E-state index contributed by atoms with van der Waals surface area (Å²) in [7, 11) is 0. The van der Waals surface area contributed by atoms with Crippen molar-refractivity contribution < 1.29 is 9.13 Å². The minimum Gasteiger partial charge on any atom is -0.483 e. The number of ether oxygens (including phenoxy) is 1. The number of anilines is 1. The van der Waals surface area contributed by atoms with E-state index < -0.39 is 5.82 Å². The van der Waals surface area contributed by atoms with Gasteiger partial charge in [-0.25, -0.2) is 4.39 Å². The van der Waals surface area contributed by atoms with Gasteiger partial charge in [0.25, 0.3) is 0 Å². The Labute approximate surface area is 123 Å². The molecular formula is C12H13BrFN3OS. The van der Waals surface area contributed by atoms with Crippen LogP contribution in [0.1, 0.15) is 18.4 Å². The maximum atomic E-state index is 13.5. The van der Waals surface area contributed by atoms with Crippen LogP contribution in [0.25, 0.3) is 0 Å². The summed E-state index contributed by atoms with van der Waals surface area (Å²) in [5.41, 5.74) is 0. The Hall–Kier alpha value is -1.21. The van der Waals surface area contributed by atoms with Crippen LogP contribution in [-0.2, 0) is 6.61 Å². The fraction of sp³-hybridized carbons (Fsp3) is 0.333. The van der Waals surface area contributed by atoms with Crippen LogP contribution < -0.4 is 10.1 Å². The number of benzene rings is 1. The summed E-state index contributed by atoms with van der Waals surface area (Å²) < 4.78 is 19.6. The van der Waals surface area contributed by atoms with Crippen molar-refractivity contribution in [2.24, 2.45) is 0 Å². The van der Waals surface area contributed by atoms with Gasteiger partial charge < -0.3 is 10.1 Å². The number of nitrogens with one attached hydrogen (secondary N) is 1. The van der Waals surface area contributed by atoms with E-state index in [4.69, 9.17) is 4.74 Å². The average Bonchev–Trinajstić information content (AvgIpc) is 2.85. The first-order valence-corrected chi connectivity index (χ1v) is 7.44. The van der Waals surface area contributed by atoms with E-state index in [1.807, 2.05) is 0 Å². The second-order valence-electron chi connectivity index (χ2n) is 3.79. The van der Waals surface area contributed by atoms with Gasteiger partial charge in [0.15, 0.2) is 16.6 Å². The molecule has 0 aliphatic heterocycles. The topological polar surface area (TPSA) is 47.0 Å². The van der Waals surface area contributed by atoms with Crippen LogP contribution in [0.4, 0.5) is 9.52 Å². The van der Waals surface area contributed by atoms with E-state index in [0.717, 1.165) is 22.6 Å². The van der Waals surface area contributed by atoms with Gasteiger partial charge in [-0.3, -0.25) is 0 Å². The fourth-order valence-electron chi connectivity index (χ4n) is 1.34. The predicted octanol–water partition coefficient (Wildman–Crippen LogP) is 3.84. The molecule has 1 N–H and O–H groups in total. The third-order valence-electron chi connectivity index (χ3n) is 2.24. The van der Waals surface area contributed by atoms with Gasteiger partial charge in [-0.2, -0.15) is 0 Å². The number of hydrogen-bond acceptors (Lipinski definition) is 5. The van der Waals surface area contributed by atoms with Crippen molar-refractivity contribution in [3.63, 3.8) is 0 Å². The van der Waals surface area contributed by atoms with Crippen molar-refractivity contribution in [1.29, 1.82) is 0 Å². The zero-order valence-corrected chi connectivity index (χ0v) is 12.7. The van der Waals surface area contributed by atoms with E-state index in [1.165, 1.54) is 17.4 Å². The fourth-order valence-corrected chi connectivity index (χ4v) is 2.36. The highest BCUT2D eigenvalue weighted by atomic mass is 79.9. The van der Waals surface area contributed by atoms with Crippen LogP contribution in [0.2, 0.25) is 0 Å². The Morgan fingerprint density at radius 2 is 2.26 bits per heavy atom. The largest absolute Gasteiger partial charge is 0.483 e. The summed E-state index contributed by atoms with van der Waals surface area (Å²) >= 11 is 4.68. The van der Waals surface area contributed by atoms with E-state index in [0.29, 0.717) is 5.01 Å². The van der Waals surface area contributed by atoms with Crippen LogP contribution in [0.5, 0.6) is 5.75 Å². The highest BCUT2D eigenvalue weighted by molar-refractivity contribution is 9.10. The van der Waals surface area contributed by atoms with Crippen LogP contribution in [0.15, 0.2) is 22.7 Å². The normalized spacial score (nSPS) is 10.5. The minimum atomic E-state index is -0.392. The van der Waals surface area contributed by atoms with E-state index >= 15 is 0 Å². The molecule has 0 bridgehead atoms. The molecule has 102 valence electrons. The second kappa shape index (κ2) is 6.81. The van der Waals surface area contributed by atoms with Crippen LogP contribution in [0, 0.1) is 5.82 Å². The predicted molar refractivity (Wildman–Crippen MR) is 77.1 cm³/mol. The maximum absolute atomic E-state index is 13.5. The molecule has 0 radical (unpaired) electrons. The minimum absolute atomic E-state index is 0.202. The zero-order chi connectivity index (χ0) is 13.7. The number of aromatic nitrogens is 2. The van der Waals surface area contributed by atoms with Crippen molar-refractivity contribution in [1.82, 2.24) is 10.2 Å². The molecule has 0 fully saturated rings. The van der Waals surface area contributed by atoms with Crippen molar-refractivity contribution in [2.45, 2.75) is 20.0 Å². The molecule has 7 heteroatoms. The van der Waals surface area contributed by atoms with E-state index in [2.05, 4.69) is 38.4 Å². The molecule has 0 atom stereocenters. The molecule has 19 heavy (non-hydrogen) atoms. The summed E-state index contributed by atoms with van der Waals surface area (Å²) in [6, 6.07) is 4.57. The molecule has 4 nitrogen and oxygen atoms in total. The van der Waals surface area contributed by atoms with Crippen molar-refractivity contribution in [2.75, 3.05) is 11.9 Å². The van der Waals surface area contributed by atoms with Crippen molar-refractivity contribution in [3.8, 4) is 5.75 Å². The summed E-state index contributed by atoms with van der Waals surface area (Å²) in [6.45, 7) is 3.14. The number of rotatable bonds is 6. The molecule has 0 aliphatic carbocycles. The van der Waals surface area contributed by atoms with E-state index in [-0.39, 0.29) is 12.4 Å². The molecular weight excluding hydrogens is 333 g/mol. The van der Waals surface area contributed by atoms with Crippen molar-refractivity contribution in [3.05, 3.63) is 33.5 Å². The standard InChI is InChI=1S/C12H13BrFN3OS/c1-2-5-15-12-17-16-11(19-12)7-18-10-6-8(13)3-4-9(10)14/h3-4,6H,2,5,7H2,1H3,(H,15,17). The smallest absolute Gasteiger partial charge is 0.205 e. The van der Waals surface area contributed by atoms with E-state index in [9.17, 15) is 4.39 Å². The molecule has 0 saturated carbocycles. The van der Waals surface area contributed by atoms with Gasteiger partial charge in [0.2, 0.25) is 5.13 Å². The first-order chi connectivity index (χ1) is 9.19. The Bertz CT molecular complexity index is 550. The first kappa shape index (κ1) is 14.2. The lowest BCUT2D eigenvalue weighted by Crippen LogP contribution is -1.98. The van der Waals surface area contributed by atoms with Gasteiger partial charge >= 0.3 is 0 Å². The lowest BCUT2D eigenvalue weighted by molar-refractivity contribution is 0.288. The van der Waals surface area contributed by atoms with Crippen LogP contribution >= 0.6 is 27.3 Å². The van der Waals surface area contributed by atoms with E-state index in [1.54, 1.807) is 12.1 Å². The first-order valence-electron chi connectivity index (χ1n) is 5.83. The summed E-state index contributed by atoms with van der Waals surface area (Å²) in [6.07, 6.45) is 1.02. The Morgan fingerprint density at radius 3 is 3.05 bits per heavy atom. The Morgan fingerprint density at radius 1 is 1.42 bits per heavy atom. The van der Waals surface area contributed by atoms with Crippen LogP contribution in [0.3, 0.4) is 0 Å². The molecule has 2 rings (SSSR count). The summed E-state index contributed by atoms with van der Waals surface area (Å²) in [5, 5.41) is 12.6. The number of nitrogens with zero attached hydrogens (tertiary/aromatic N) is 2. The molecule has 1 aromatic heterocycles. The van der Waals surface area contributed by atoms with Crippen LogP contribution in [-0.4, -0.2) is 16.7 Å². The zero-order valence-electron chi connectivity index (χ0n) is 10.3. The average molecular weight is 346 g/mol. The molecule has 0 unspecified atom stereocenters. The van der Waals surface area contributed by atoms with Gasteiger partial charge in [-0.15, -0.1) is 10.2 Å². The molecule has 0 spiro atoms. The summed E-state index contributed by atoms with van der Waals surface area (Å²) in [5.74, 6) is -0.190. The molecule has 2 aromatic rings. The van der Waals surface area contributed by atoms with Gasteiger partial charge in [0.1, 0.15) is 6.61 Å². The third kappa shape index (κ3) is 4.14. The lowest BCUT2D eigenvalue weighted by atomic mass is 10.3. The highest BCUT2D eigenvalue weighted by Gasteiger charge is 2.07. The van der Waals surface area contributed by atoms with Gasteiger partial charge in [-0.1, -0.05) is 34.2 Å². The summed E-state index contributed by atoms with van der Waals surface area (Å²) in [4.78, 5) is 0. The second-order valence-corrected chi connectivity index (χ2v) is 5.77. The highest BCUT2D eigenvalue weighted by Crippen LogP contribution is 2.24. The maximum Gasteiger partial charge on any atom is 0.205 e. The lowest BCUT2D eigenvalue weighted by Gasteiger charge is -2.05. The number of hydrogen-bond donors (Lipinski definition) is 1. The SMILES string of the molecule is CCCNc1nnc(COc2cc(Br)ccc2F)s1. The van der Waals surface area contributed by atoms with Gasteiger partial charge in [0.05, 0.1) is 0 Å². The molecule has 1 heterocycles. The van der Waals surface area contributed by atoms with Gasteiger partial charge in [0, 0.05) is 11.0 Å². The monoisotopic (exact) mass is 345 g/mol. The Balaban J connectivity index is 1.94. The molecule has 0 amide bonds. The number of halogens is 2. The van der Waals surface area contributed by atoms with Crippen molar-refractivity contribution >= 4 is 32.4 Å².